The molecule has 2 aliphatic rings. The molecule has 0 atom stereocenters. The van der Waals surface area contributed by atoms with Gasteiger partial charge in [-0.05, 0) is 57.7 Å². The van der Waals surface area contributed by atoms with Crippen LogP contribution in [0.4, 0.5) is 5.69 Å². The molecule has 1 aromatic carbocycles. The van der Waals surface area contributed by atoms with Gasteiger partial charge in [0.2, 0.25) is 0 Å². The van der Waals surface area contributed by atoms with Crippen molar-refractivity contribution in [3.63, 3.8) is 0 Å². The highest BCUT2D eigenvalue weighted by Gasteiger charge is 2.31. The molecule has 1 aliphatic heterocycles. The highest BCUT2D eigenvalue weighted by Crippen LogP contribution is 2.43. The van der Waals surface area contributed by atoms with E-state index in [1.165, 1.54) is 6.42 Å². The Bertz CT molecular complexity index is 1110. The summed E-state index contributed by atoms with van der Waals surface area (Å²) in [5.74, 6) is -0.613. The highest BCUT2D eigenvalue weighted by atomic mass is 16.5. The van der Waals surface area contributed by atoms with Crippen LogP contribution in [-0.4, -0.2) is 51.1 Å². The molecule has 3 aromatic rings. The van der Waals surface area contributed by atoms with Crippen molar-refractivity contribution in [1.29, 1.82) is 0 Å². The minimum absolute atomic E-state index is 0.0605. The van der Waals surface area contributed by atoms with Crippen LogP contribution in [-0.2, 0) is 4.74 Å². The maximum atomic E-state index is 12.0. The molecule has 1 saturated heterocycles. The molecule has 0 spiro atoms. The number of carboxylic acids is 1. The Morgan fingerprint density at radius 3 is 2.44 bits per heavy atom. The SMILES string of the molecule is CC(C)OC1CCN(c2cc(C(=O)O)nc3c2c(C2CCC2)nn3-c2ccccc2)CC1. The van der Waals surface area contributed by atoms with E-state index in [0.29, 0.717) is 11.6 Å². The third-order valence-corrected chi connectivity index (χ3v) is 6.60. The van der Waals surface area contributed by atoms with Crippen molar-refractivity contribution in [1.82, 2.24) is 14.8 Å². The fraction of sp³-hybridized carbons (Fsp3) is 0.480. The molecular weight excluding hydrogens is 404 g/mol. The Labute approximate surface area is 188 Å². The second-order valence-electron chi connectivity index (χ2n) is 9.16. The second-order valence-corrected chi connectivity index (χ2v) is 9.16. The van der Waals surface area contributed by atoms with Crippen LogP contribution < -0.4 is 4.90 Å². The molecule has 5 rings (SSSR count). The van der Waals surface area contributed by atoms with E-state index in [1.54, 1.807) is 6.07 Å². The summed E-state index contributed by atoms with van der Waals surface area (Å²) in [6.45, 7) is 5.80. The highest BCUT2D eigenvalue weighted by molar-refractivity contribution is 5.98. The number of para-hydroxylation sites is 1. The van der Waals surface area contributed by atoms with Gasteiger partial charge in [0.15, 0.2) is 11.3 Å². The molecule has 1 aliphatic carbocycles. The van der Waals surface area contributed by atoms with Gasteiger partial charge in [0, 0.05) is 19.0 Å². The van der Waals surface area contributed by atoms with E-state index in [4.69, 9.17) is 9.84 Å². The molecule has 168 valence electrons. The minimum atomic E-state index is -1.02. The number of carbonyl (C=O) groups is 1. The minimum Gasteiger partial charge on any atom is -0.477 e. The Balaban J connectivity index is 1.63. The first kappa shape index (κ1) is 20.9. The molecule has 0 unspecified atom stereocenters. The summed E-state index contributed by atoms with van der Waals surface area (Å²) in [6, 6.07) is 11.6. The van der Waals surface area contributed by atoms with Crippen LogP contribution in [0.1, 0.15) is 68.1 Å². The van der Waals surface area contributed by atoms with Gasteiger partial charge in [-0.2, -0.15) is 5.10 Å². The number of fused-ring (bicyclic) bond motifs is 1. The third kappa shape index (κ3) is 3.86. The third-order valence-electron chi connectivity index (χ3n) is 6.60. The van der Waals surface area contributed by atoms with Crippen molar-refractivity contribution in [2.75, 3.05) is 18.0 Å². The number of aromatic carboxylic acids is 1. The molecule has 0 radical (unpaired) electrons. The van der Waals surface area contributed by atoms with E-state index in [0.717, 1.165) is 61.2 Å². The predicted octanol–water partition coefficient (Wildman–Crippen LogP) is 4.78. The number of hydrogen-bond acceptors (Lipinski definition) is 5. The van der Waals surface area contributed by atoms with E-state index in [-0.39, 0.29) is 17.9 Å². The first-order chi connectivity index (χ1) is 15.5. The van der Waals surface area contributed by atoms with Gasteiger partial charge in [0.1, 0.15) is 0 Å². The smallest absolute Gasteiger partial charge is 0.354 e. The number of pyridine rings is 1. The molecule has 0 amide bonds. The molecule has 32 heavy (non-hydrogen) atoms. The normalized spacial score (nSPS) is 17.8. The van der Waals surface area contributed by atoms with Crippen LogP contribution in [0.2, 0.25) is 0 Å². The van der Waals surface area contributed by atoms with Gasteiger partial charge in [-0.3, -0.25) is 0 Å². The average Bonchev–Trinajstić information content (AvgIpc) is 3.12. The monoisotopic (exact) mass is 434 g/mol. The molecule has 1 saturated carbocycles. The zero-order valence-electron chi connectivity index (χ0n) is 18.7. The zero-order chi connectivity index (χ0) is 22.2. The second kappa shape index (κ2) is 8.54. The summed E-state index contributed by atoms with van der Waals surface area (Å²) in [5.41, 5.74) is 3.58. The molecular formula is C25H30N4O3. The molecule has 0 bridgehead atoms. The Morgan fingerprint density at radius 2 is 1.84 bits per heavy atom. The van der Waals surface area contributed by atoms with Crippen LogP contribution in [0.25, 0.3) is 16.7 Å². The number of aromatic nitrogens is 3. The predicted molar refractivity (Wildman–Crippen MR) is 124 cm³/mol. The van der Waals surface area contributed by atoms with Crippen molar-refractivity contribution in [3.8, 4) is 5.69 Å². The van der Waals surface area contributed by atoms with Crippen LogP contribution >= 0.6 is 0 Å². The molecule has 2 aromatic heterocycles. The fourth-order valence-electron chi connectivity index (χ4n) is 4.82. The Morgan fingerprint density at radius 1 is 1.12 bits per heavy atom. The van der Waals surface area contributed by atoms with Gasteiger partial charge in [0.05, 0.1) is 34.7 Å². The Hall–Kier alpha value is -2.93. The first-order valence-corrected chi connectivity index (χ1v) is 11.6. The van der Waals surface area contributed by atoms with E-state index < -0.39 is 5.97 Å². The summed E-state index contributed by atoms with van der Waals surface area (Å²) in [4.78, 5) is 18.9. The van der Waals surface area contributed by atoms with Crippen LogP contribution in [0.15, 0.2) is 36.4 Å². The van der Waals surface area contributed by atoms with Crippen molar-refractivity contribution in [2.45, 2.75) is 64.1 Å². The molecule has 1 N–H and O–H groups in total. The van der Waals surface area contributed by atoms with Gasteiger partial charge in [-0.15, -0.1) is 0 Å². The lowest BCUT2D eigenvalue weighted by Crippen LogP contribution is -2.38. The van der Waals surface area contributed by atoms with Gasteiger partial charge in [-0.1, -0.05) is 24.6 Å². The van der Waals surface area contributed by atoms with E-state index in [9.17, 15) is 9.90 Å². The summed E-state index contributed by atoms with van der Waals surface area (Å²) in [7, 11) is 0. The number of piperidine rings is 1. The standard InChI is InChI=1S/C25H30N4O3/c1-16(2)32-19-11-13-28(14-12-19)21-15-20(25(30)31)26-24-22(21)23(17-7-6-8-17)27-29(24)18-9-4-3-5-10-18/h3-5,9-10,15-17,19H,6-8,11-14H2,1-2H3,(H,30,31). The molecule has 7 nitrogen and oxygen atoms in total. The van der Waals surface area contributed by atoms with Gasteiger partial charge >= 0.3 is 5.97 Å². The Kier molecular flexibility index (Phi) is 5.59. The van der Waals surface area contributed by atoms with Gasteiger partial charge in [-0.25, -0.2) is 14.5 Å². The number of hydrogen-bond donors (Lipinski definition) is 1. The lowest BCUT2D eigenvalue weighted by molar-refractivity contribution is -0.00477. The van der Waals surface area contributed by atoms with Crippen LogP contribution in [0.3, 0.4) is 0 Å². The van der Waals surface area contributed by atoms with E-state index >= 15 is 0 Å². The first-order valence-electron chi connectivity index (χ1n) is 11.6. The van der Waals surface area contributed by atoms with Crippen molar-refractivity contribution in [2.24, 2.45) is 0 Å². The molecule has 2 fully saturated rings. The number of benzene rings is 1. The zero-order valence-corrected chi connectivity index (χ0v) is 18.7. The number of carboxylic acid groups (broad SMARTS) is 1. The van der Waals surface area contributed by atoms with Crippen molar-refractivity contribution >= 4 is 22.7 Å². The maximum absolute atomic E-state index is 12.0. The number of rotatable bonds is 6. The maximum Gasteiger partial charge on any atom is 0.354 e. The summed E-state index contributed by atoms with van der Waals surface area (Å²) in [6.07, 6.45) is 5.76. The number of ether oxygens (including phenoxy) is 1. The van der Waals surface area contributed by atoms with E-state index in [1.807, 2.05) is 35.0 Å². The quantitative estimate of drug-likeness (QED) is 0.601. The average molecular weight is 435 g/mol. The summed E-state index contributed by atoms with van der Waals surface area (Å²) >= 11 is 0. The van der Waals surface area contributed by atoms with Crippen LogP contribution in [0.5, 0.6) is 0 Å². The van der Waals surface area contributed by atoms with Gasteiger partial charge < -0.3 is 14.7 Å². The summed E-state index contributed by atoms with van der Waals surface area (Å²) in [5, 5.41) is 15.8. The van der Waals surface area contributed by atoms with Crippen LogP contribution in [0, 0.1) is 0 Å². The largest absolute Gasteiger partial charge is 0.477 e. The summed E-state index contributed by atoms with van der Waals surface area (Å²) < 4.78 is 7.85. The lowest BCUT2D eigenvalue weighted by atomic mass is 9.82. The number of anilines is 1. The van der Waals surface area contributed by atoms with Gasteiger partial charge in [0.25, 0.3) is 0 Å². The molecule has 3 heterocycles. The molecule has 7 heteroatoms. The number of nitrogens with zero attached hydrogens (tertiary/aromatic N) is 4. The van der Waals surface area contributed by atoms with Crippen molar-refractivity contribution < 1.29 is 14.6 Å². The van der Waals surface area contributed by atoms with Crippen molar-refractivity contribution in [3.05, 3.63) is 47.8 Å². The van der Waals surface area contributed by atoms with E-state index in [2.05, 4.69) is 23.7 Å². The topological polar surface area (TPSA) is 80.5 Å². The lowest BCUT2D eigenvalue weighted by Gasteiger charge is -2.35. The fourth-order valence-corrected chi connectivity index (χ4v) is 4.82.